The minimum Gasteiger partial charge on any atom is -0.352 e. The molecular weight excluding hydrogens is 274 g/mol. The molecule has 4 heteroatoms. The summed E-state index contributed by atoms with van der Waals surface area (Å²) in [6.07, 6.45) is 4.16. The van der Waals surface area contributed by atoms with E-state index in [9.17, 15) is 4.79 Å². The van der Waals surface area contributed by atoms with Gasteiger partial charge in [-0.25, -0.2) is 4.98 Å². The number of carbonyl (C=O) groups excluding carboxylic acids is 1. The topological polar surface area (TPSA) is 36.4 Å². The van der Waals surface area contributed by atoms with E-state index in [1.54, 1.807) is 0 Å². The van der Waals surface area contributed by atoms with Crippen molar-refractivity contribution in [2.45, 2.75) is 25.4 Å². The van der Waals surface area contributed by atoms with Gasteiger partial charge in [0.15, 0.2) is 0 Å². The molecule has 1 atom stereocenters. The van der Waals surface area contributed by atoms with Crippen LogP contribution >= 0.6 is 0 Å². The summed E-state index contributed by atoms with van der Waals surface area (Å²) in [6, 6.07) is 14.0. The molecular formula is C18H19N3O. The zero-order chi connectivity index (χ0) is 14.9. The molecule has 0 aliphatic carbocycles. The molecule has 1 fully saturated rings. The number of benzene rings is 1. The summed E-state index contributed by atoms with van der Waals surface area (Å²) >= 11 is 0. The molecule has 4 rings (SSSR count). The highest BCUT2D eigenvalue weighted by Crippen LogP contribution is 2.31. The summed E-state index contributed by atoms with van der Waals surface area (Å²) in [6.45, 7) is 2.47. The van der Waals surface area contributed by atoms with E-state index in [-0.39, 0.29) is 5.91 Å². The molecule has 0 bridgehead atoms. The van der Waals surface area contributed by atoms with E-state index < -0.39 is 0 Å². The smallest absolute Gasteiger partial charge is 0.254 e. The molecule has 112 valence electrons. The molecule has 1 aromatic heterocycles. The SMILES string of the molecule is O=C(c1ccccc1)N1Cc2cccnc2N2CCC[C@@H]2C1. The Labute approximate surface area is 130 Å². The zero-order valence-electron chi connectivity index (χ0n) is 12.5. The van der Waals surface area contributed by atoms with Gasteiger partial charge in [-0.2, -0.15) is 0 Å². The van der Waals surface area contributed by atoms with Gasteiger partial charge in [0.2, 0.25) is 0 Å². The van der Waals surface area contributed by atoms with E-state index in [0.717, 1.165) is 36.5 Å². The van der Waals surface area contributed by atoms with E-state index in [4.69, 9.17) is 0 Å². The first-order chi connectivity index (χ1) is 10.8. The fourth-order valence-electron chi connectivity index (χ4n) is 3.56. The first kappa shape index (κ1) is 13.3. The Balaban J connectivity index is 1.69. The van der Waals surface area contributed by atoms with Crippen LogP contribution in [0.5, 0.6) is 0 Å². The molecule has 2 aliphatic heterocycles. The normalized spacial score (nSPS) is 20.3. The molecule has 22 heavy (non-hydrogen) atoms. The second kappa shape index (κ2) is 5.44. The summed E-state index contributed by atoms with van der Waals surface area (Å²) < 4.78 is 0. The van der Waals surface area contributed by atoms with Gasteiger partial charge in [-0.15, -0.1) is 0 Å². The van der Waals surface area contributed by atoms with Crippen LogP contribution in [0.1, 0.15) is 28.8 Å². The summed E-state index contributed by atoms with van der Waals surface area (Å²) in [7, 11) is 0. The van der Waals surface area contributed by atoms with Crippen molar-refractivity contribution in [3.8, 4) is 0 Å². The molecule has 0 unspecified atom stereocenters. The number of anilines is 1. The van der Waals surface area contributed by atoms with Crippen molar-refractivity contribution in [1.82, 2.24) is 9.88 Å². The number of pyridine rings is 1. The van der Waals surface area contributed by atoms with Gasteiger partial charge in [-0.1, -0.05) is 24.3 Å². The molecule has 3 heterocycles. The predicted octanol–water partition coefficient (Wildman–Crippen LogP) is 2.71. The maximum absolute atomic E-state index is 12.8. The van der Waals surface area contributed by atoms with E-state index in [1.807, 2.05) is 47.5 Å². The number of aromatic nitrogens is 1. The molecule has 0 N–H and O–H groups in total. The maximum Gasteiger partial charge on any atom is 0.254 e. The van der Waals surface area contributed by atoms with Gasteiger partial charge in [-0.3, -0.25) is 4.79 Å². The molecule has 4 nitrogen and oxygen atoms in total. The lowest BCUT2D eigenvalue weighted by molar-refractivity contribution is 0.0738. The number of hydrogen-bond acceptors (Lipinski definition) is 3. The van der Waals surface area contributed by atoms with Crippen LogP contribution in [0.4, 0.5) is 5.82 Å². The van der Waals surface area contributed by atoms with E-state index in [2.05, 4.69) is 16.0 Å². The van der Waals surface area contributed by atoms with Crippen molar-refractivity contribution >= 4 is 11.7 Å². The van der Waals surface area contributed by atoms with Crippen LogP contribution in [-0.2, 0) is 6.54 Å². The summed E-state index contributed by atoms with van der Waals surface area (Å²) in [5, 5.41) is 0. The monoisotopic (exact) mass is 293 g/mol. The maximum atomic E-state index is 12.8. The molecule has 1 saturated heterocycles. The Hall–Kier alpha value is -2.36. The Morgan fingerprint density at radius 2 is 2.00 bits per heavy atom. The average Bonchev–Trinajstić information content (AvgIpc) is 2.97. The lowest BCUT2D eigenvalue weighted by Crippen LogP contribution is -2.40. The first-order valence-electron chi connectivity index (χ1n) is 7.88. The third-order valence-electron chi connectivity index (χ3n) is 4.62. The van der Waals surface area contributed by atoms with Gasteiger partial charge in [0.1, 0.15) is 5.82 Å². The van der Waals surface area contributed by atoms with Gasteiger partial charge in [-0.05, 0) is 31.0 Å². The number of hydrogen-bond donors (Lipinski definition) is 0. The van der Waals surface area contributed by atoms with Crippen molar-refractivity contribution in [2.75, 3.05) is 18.0 Å². The molecule has 0 saturated carbocycles. The van der Waals surface area contributed by atoms with Crippen molar-refractivity contribution in [3.05, 3.63) is 59.8 Å². The standard InChI is InChI=1S/C18H19N3O/c22-18(14-6-2-1-3-7-14)20-12-15-8-4-10-19-17(15)21-11-5-9-16(21)13-20/h1-4,6-8,10,16H,5,9,11-13H2/t16-/m1/s1. The number of rotatable bonds is 1. The van der Waals surface area contributed by atoms with Crippen LogP contribution in [-0.4, -0.2) is 34.9 Å². The highest BCUT2D eigenvalue weighted by atomic mass is 16.2. The minimum absolute atomic E-state index is 0.115. The Bertz CT molecular complexity index is 686. The van der Waals surface area contributed by atoms with Crippen LogP contribution in [0.2, 0.25) is 0 Å². The van der Waals surface area contributed by atoms with Crippen molar-refractivity contribution in [1.29, 1.82) is 0 Å². The van der Waals surface area contributed by atoms with Gasteiger partial charge in [0.25, 0.3) is 5.91 Å². The molecule has 2 aromatic rings. The lowest BCUT2D eigenvalue weighted by atomic mass is 10.1. The van der Waals surface area contributed by atoms with Crippen LogP contribution in [0.25, 0.3) is 0 Å². The first-order valence-corrected chi connectivity index (χ1v) is 7.88. The third-order valence-corrected chi connectivity index (χ3v) is 4.62. The summed E-state index contributed by atoms with van der Waals surface area (Å²) in [5.74, 6) is 1.18. The Kier molecular flexibility index (Phi) is 3.29. The van der Waals surface area contributed by atoms with Crippen LogP contribution in [0, 0.1) is 0 Å². The fourth-order valence-corrected chi connectivity index (χ4v) is 3.56. The van der Waals surface area contributed by atoms with E-state index in [1.165, 1.54) is 6.42 Å². The van der Waals surface area contributed by atoms with Gasteiger partial charge in [0.05, 0.1) is 0 Å². The fraction of sp³-hybridized carbons (Fsp3) is 0.333. The van der Waals surface area contributed by atoms with Crippen molar-refractivity contribution in [2.24, 2.45) is 0 Å². The zero-order valence-corrected chi connectivity index (χ0v) is 12.5. The molecule has 1 amide bonds. The molecule has 0 radical (unpaired) electrons. The van der Waals surface area contributed by atoms with Crippen LogP contribution in [0.15, 0.2) is 48.7 Å². The van der Waals surface area contributed by atoms with Crippen LogP contribution in [0.3, 0.4) is 0 Å². The van der Waals surface area contributed by atoms with Gasteiger partial charge in [0, 0.05) is 43.0 Å². The van der Waals surface area contributed by atoms with E-state index in [0.29, 0.717) is 12.6 Å². The second-order valence-electron chi connectivity index (χ2n) is 6.03. The van der Waals surface area contributed by atoms with Gasteiger partial charge < -0.3 is 9.80 Å². The Morgan fingerprint density at radius 1 is 1.14 bits per heavy atom. The highest BCUT2D eigenvalue weighted by Gasteiger charge is 2.34. The third kappa shape index (κ3) is 2.25. The second-order valence-corrected chi connectivity index (χ2v) is 6.03. The molecule has 2 aliphatic rings. The summed E-state index contributed by atoms with van der Waals surface area (Å²) in [5.41, 5.74) is 1.91. The number of amides is 1. The van der Waals surface area contributed by atoms with Crippen molar-refractivity contribution in [3.63, 3.8) is 0 Å². The molecule has 0 spiro atoms. The van der Waals surface area contributed by atoms with E-state index >= 15 is 0 Å². The largest absolute Gasteiger partial charge is 0.352 e. The predicted molar refractivity (Wildman–Crippen MR) is 85.8 cm³/mol. The lowest BCUT2D eigenvalue weighted by Gasteiger charge is -2.27. The van der Waals surface area contributed by atoms with Gasteiger partial charge >= 0.3 is 0 Å². The number of nitrogens with zero attached hydrogens (tertiary/aromatic N) is 3. The average molecular weight is 293 g/mol. The minimum atomic E-state index is 0.115. The van der Waals surface area contributed by atoms with Crippen LogP contribution < -0.4 is 4.90 Å². The molecule has 1 aromatic carbocycles. The number of carbonyl (C=O) groups is 1. The Morgan fingerprint density at radius 3 is 2.86 bits per heavy atom. The highest BCUT2D eigenvalue weighted by molar-refractivity contribution is 5.94. The quantitative estimate of drug-likeness (QED) is 0.811. The number of fused-ring (bicyclic) bond motifs is 3. The van der Waals surface area contributed by atoms with Crippen molar-refractivity contribution < 1.29 is 4.79 Å². The summed E-state index contributed by atoms with van der Waals surface area (Å²) in [4.78, 5) is 21.8.